The van der Waals surface area contributed by atoms with Crippen LogP contribution in [0.4, 0.5) is 10.1 Å². The number of aryl methyl sites for hydroxylation is 1. The summed E-state index contributed by atoms with van der Waals surface area (Å²) in [6.45, 7) is 3.34. The number of hydrogen-bond acceptors (Lipinski definition) is 7. The zero-order chi connectivity index (χ0) is 29.7. The Labute approximate surface area is 247 Å². The topological polar surface area (TPSA) is 108 Å². The lowest BCUT2D eigenvalue weighted by Crippen LogP contribution is -2.12. The van der Waals surface area contributed by atoms with Crippen LogP contribution in [0.1, 0.15) is 37.5 Å². The number of aromatic nitrogens is 3. The number of alkyl halides is 1. The molecule has 5 aromatic rings. The molecule has 2 aromatic heterocycles. The van der Waals surface area contributed by atoms with Gasteiger partial charge in [0, 0.05) is 29.1 Å². The van der Waals surface area contributed by atoms with Crippen LogP contribution < -0.4 is 5.32 Å². The fourth-order valence-corrected chi connectivity index (χ4v) is 6.16. The number of halogens is 2. The third kappa shape index (κ3) is 6.47. The zero-order valence-electron chi connectivity index (χ0n) is 23.0. The van der Waals surface area contributed by atoms with Crippen molar-refractivity contribution < 1.29 is 27.2 Å². The van der Waals surface area contributed by atoms with E-state index >= 15 is 4.39 Å². The van der Waals surface area contributed by atoms with Crippen molar-refractivity contribution in [1.29, 1.82) is 0 Å². The van der Waals surface area contributed by atoms with E-state index in [2.05, 4.69) is 10.3 Å². The fraction of sp³-hybridized carbons (Fsp3) is 0.233. The average Bonchev–Trinajstić information content (AvgIpc) is 3.61. The van der Waals surface area contributed by atoms with Gasteiger partial charge in [-0.05, 0) is 55.8 Å². The summed E-state index contributed by atoms with van der Waals surface area (Å²) < 4.78 is 45.9. The Morgan fingerprint density at radius 1 is 1.05 bits per heavy atom. The average molecular weight is 611 g/mol. The van der Waals surface area contributed by atoms with Crippen molar-refractivity contribution in [2.75, 3.05) is 18.5 Å². The molecule has 1 amide bonds. The van der Waals surface area contributed by atoms with E-state index in [0.717, 1.165) is 16.6 Å². The van der Waals surface area contributed by atoms with Crippen LogP contribution in [0.15, 0.2) is 83.5 Å². The molecule has 0 bridgehead atoms. The van der Waals surface area contributed by atoms with Gasteiger partial charge in [-0.1, -0.05) is 48.0 Å². The van der Waals surface area contributed by atoms with Crippen molar-refractivity contribution >= 4 is 41.8 Å². The second-order valence-corrected chi connectivity index (χ2v) is 11.7. The van der Waals surface area contributed by atoms with Crippen LogP contribution in [0.5, 0.6) is 0 Å². The van der Waals surface area contributed by atoms with Gasteiger partial charge in [0.05, 0.1) is 24.2 Å². The minimum absolute atomic E-state index is 0.0527. The van der Waals surface area contributed by atoms with E-state index in [1.54, 1.807) is 36.9 Å². The highest BCUT2D eigenvalue weighted by Crippen LogP contribution is 2.61. The molecule has 0 fully saturated rings. The van der Waals surface area contributed by atoms with Crippen LogP contribution in [0.2, 0.25) is 5.02 Å². The molecule has 1 N–H and O–H groups in total. The lowest BCUT2D eigenvalue weighted by Gasteiger charge is -2.21. The molecule has 1 unspecified atom stereocenters. The molecule has 42 heavy (non-hydrogen) atoms. The normalized spacial score (nSPS) is 12.5. The van der Waals surface area contributed by atoms with Crippen molar-refractivity contribution in [3.8, 4) is 17.3 Å². The van der Waals surface area contributed by atoms with Crippen LogP contribution in [0.25, 0.3) is 28.3 Å². The van der Waals surface area contributed by atoms with Crippen LogP contribution in [-0.2, 0) is 24.8 Å². The Kier molecular flexibility index (Phi) is 9.18. The lowest BCUT2D eigenvalue weighted by molar-refractivity contribution is -0.116. The highest BCUT2D eigenvalue weighted by atomic mass is 35.5. The third-order valence-electron chi connectivity index (χ3n) is 6.41. The number of imidazole rings is 1. The Morgan fingerprint density at radius 3 is 2.43 bits per heavy atom. The highest BCUT2D eigenvalue weighted by Gasteiger charge is 2.37. The minimum atomic E-state index is -3.97. The molecule has 5 rings (SSSR count). The maximum atomic E-state index is 15.0. The van der Waals surface area contributed by atoms with E-state index in [4.69, 9.17) is 30.0 Å². The van der Waals surface area contributed by atoms with Crippen LogP contribution in [0.3, 0.4) is 0 Å². The second kappa shape index (κ2) is 13.0. The van der Waals surface area contributed by atoms with Gasteiger partial charge >= 0.3 is 13.6 Å². The summed E-state index contributed by atoms with van der Waals surface area (Å²) in [5, 5.41) is 3.40. The monoisotopic (exact) mass is 610 g/mol. The summed E-state index contributed by atoms with van der Waals surface area (Å²) in [6, 6.07) is 21.2. The zero-order valence-corrected chi connectivity index (χ0v) is 24.6. The summed E-state index contributed by atoms with van der Waals surface area (Å²) in [7, 11) is -3.97. The number of amides is 1. The number of rotatable bonds is 12. The fourth-order valence-electron chi connectivity index (χ4n) is 4.44. The van der Waals surface area contributed by atoms with Crippen LogP contribution in [0, 0.1) is 0 Å². The third-order valence-corrected chi connectivity index (χ3v) is 8.75. The van der Waals surface area contributed by atoms with Gasteiger partial charge in [0.1, 0.15) is 17.8 Å². The summed E-state index contributed by atoms with van der Waals surface area (Å²) >= 11 is 6.09. The smallest absolute Gasteiger partial charge is 0.369 e. The number of anilines is 1. The molecular formula is C30H29ClFN4O5P. The van der Waals surface area contributed by atoms with Gasteiger partial charge < -0.3 is 18.8 Å². The number of nitrogens with zero attached hydrogens (tertiary/aromatic N) is 3. The number of nitrogens with one attached hydrogen (secondary N) is 1. The molecule has 0 spiro atoms. The first kappa shape index (κ1) is 29.7. The van der Waals surface area contributed by atoms with E-state index in [-0.39, 0.29) is 37.5 Å². The molecule has 0 aliphatic carbocycles. The van der Waals surface area contributed by atoms with Crippen LogP contribution in [-0.4, -0.2) is 33.7 Å². The predicted octanol–water partition coefficient (Wildman–Crippen LogP) is 8.14. The quantitative estimate of drug-likeness (QED) is 0.142. The Hall–Kier alpha value is -3.82. The van der Waals surface area contributed by atoms with E-state index in [9.17, 15) is 9.36 Å². The summed E-state index contributed by atoms with van der Waals surface area (Å²) in [6.07, 6.45) is 2.00. The molecule has 12 heteroatoms. The van der Waals surface area contributed by atoms with Gasteiger partial charge in [-0.2, -0.15) is 4.98 Å². The lowest BCUT2D eigenvalue weighted by atomic mass is 10.1. The maximum Gasteiger partial charge on any atom is 0.369 e. The van der Waals surface area contributed by atoms with Crippen molar-refractivity contribution in [2.24, 2.45) is 0 Å². The van der Waals surface area contributed by atoms with Gasteiger partial charge in [-0.3, -0.25) is 13.9 Å². The Balaban J connectivity index is 1.31. The van der Waals surface area contributed by atoms with E-state index in [1.807, 2.05) is 36.4 Å². The molecule has 218 valence electrons. The van der Waals surface area contributed by atoms with Gasteiger partial charge in [-0.25, -0.2) is 9.37 Å². The first-order valence-corrected chi connectivity index (χ1v) is 15.4. The number of hydrogen-bond donors (Lipinski definition) is 1. The van der Waals surface area contributed by atoms with Gasteiger partial charge in [-0.15, -0.1) is 0 Å². The molecule has 3 aromatic carbocycles. The molecule has 0 saturated heterocycles. The second-order valence-electron chi connectivity index (χ2n) is 9.26. The number of fused-ring (bicyclic) bond motifs is 1. The van der Waals surface area contributed by atoms with Crippen molar-refractivity contribution in [3.63, 3.8) is 0 Å². The molecule has 0 radical (unpaired) electrons. The summed E-state index contributed by atoms with van der Waals surface area (Å²) in [5.41, 5.74) is 3.62. The van der Waals surface area contributed by atoms with Gasteiger partial charge in [0.25, 0.3) is 0 Å². The minimum Gasteiger partial charge on any atom is -0.427 e. The van der Waals surface area contributed by atoms with Crippen molar-refractivity contribution in [1.82, 2.24) is 14.5 Å². The van der Waals surface area contributed by atoms with Crippen LogP contribution >= 0.6 is 19.2 Å². The molecule has 2 heterocycles. The molecule has 9 nitrogen and oxygen atoms in total. The number of oxazole rings is 1. The van der Waals surface area contributed by atoms with E-state index in [1.165, 1.54) is 24.3 Å². The largest absolute Gasteiger partial charge is 0.427 e. The predicted molar refractivity (Wildman–Crippen MR) is 160 cm³/mol. The van der Waals surface area contributed by atoms with E-state index in [0.29, 0.717) is 28.2 Å². The number of para-hydroxylation sites is 2. The van der Waals surface area contributed by atoms with Crippen molar-refractivity contribution in [2.45, 2.75) is 32.6 Å². The standard InChI is InChI=1S/C30H29ClFN4O5P/c1-3-39-42(38,40-4-2)29(32)21-11-15-23(16-12-21)34-27(37)18-17-26-28(20-9-13-22(31)14-10-20)35-30(41-26)36-19-33-24-7-5-6-8-25(24)36/h5-16,19,29H,3-4,17-18H2,1-2H3,(H,34,37). The molecule has 0 saturated carbocycles. The Morgan fingerprint density at radius 2 is 1.74 bits per heavy atom. The Bertz CT molecular complexity index is 1710. The molecular weight excluding hydrogens is 582 g/mol. The molecule has 0 aliphatic heterocycles. The summed E-state index contributed by atoms with van der Waals surface area (Å²) in [5.74, 6) is -1.69. The SMILES string of the molecule is CCOP(=O)(OCC)C(F)c1ccc(NC(=O)CCc2oc(-n3cnc4ccccc43)nc2-c2ccc(Cl)cc2)cc1. The molecule has 1 atom stereocenters. The highest BCUT2D eigenvalue weighted by molar-refractivity contribution is 7.54. The number of benzene rings is 3. The maximum absolute atomic E-state index is 15.0. The first-order valence-electron chi connectivity index (χ1n) is 13.4. The first-order chi connectivity index (χ1) is 20.3. The number of carbonyl (C=O) groups excluding carboxylic acids is 1. The van der Waals surface area contributed by atoms with Gasteiger partial charge in [0.15, 0.2) is 0 Å². The van der Waals surface area contributed by atoms with Gasteiger partial charge in [0.2, 0.25) is 11.8 Å². The molecule has 0 aliphatic rings. The summed E-state index contributed by atoms with van der Waals surface area (Å²) in [4.78, 5) is 22.0. The van der Waals surface area contributed by atoms with Crippen molar-refractivity contribution in [3.05, 3.63) is 95.5 Å². The van der Waals surface area contributed by atoms with E-state index < -0.39 is 13.5 Å². The number of carbonyl (C=O) groups is 1.